The Bertz CT molecular complexity index is 551. The third kappa shape index (κ3) is 3.38. The minimum atomic E-state index is -0.0745. The summed E-state index contributed by atoms with van der Waals surface area (Å²) in [6.45, 7) is 2.24. The Morgan fingerprint density at radius 2 is 2.25 bits per heavy atom. The summed E-state index contributed by atoms with van der Waals surface area (Å²) >= 11 is 0. The maximum atomic E-state index is 12.3. The topological polar surface area (TPSA) is 64.3 Å². The first-order valence-electron chi connectivity index (χ1n) is 6.77. The first kappa shape index (κ1) is 14.6. The Labute approximate surface area is 119 Å². The van der Waals surface area contributed by atoms with Crippen LogP contribution in [0, 0.1) is 18.8 Å². The number of nitrogens with two attached hydrogens (primary N) is 1. The normalized spacial score (nSPS) is 20.6. The molecule has 4 heteroatoms. The number of ether oxygens (including phenoxy) is 1. The van der Waals surface area contributed by atoms with E-state index in [9.17, 15) is 4.79 Å². The van der Waals surface area contributed by atoms with E-state index >= 15 is 0 Å². The van der Waals surface area contributed by atoms with Gasteiger partial charge >= 0.3 is 0 Å². The van der Waals surface area contributed by atoms with E-state index in [2.05, 4.69) is 17.2 Å². The number of carbonyl (C=O) groups is 1. The van der Waals surface area contributed by atoms with Gasteiger partial charge in [-0.3, -0.25) is 4.79 Å². The summed E-state index contributed by atoms with van der Waals surface area (Å²) in [7, 11) is 1.70. The largest absolute Gasteiger partial charge is 0.381 e. The van der Waals surface area contributed by atoms with Crippen LogP contribution in [0.3, 0.4) is 0 Å². The lowest BCUT2D eigenvalue weighted by molar-refractivity contribution is 0.0176. The van der Waals surface area contributed by atoms with Crippen molar-refractivity contribution in [1.29, 1.82) is 0 Å². The number of aryl methyl sites for hydroxylation is 1. The molecule has 106 valence electrons. The van der Waals surface area contributed by atoms with Crippen LogP contribution in [0.25, 0.3) is 0 Å². The lowest BCUT2D eigenvalue weighted by atomic mass is 9.89. The van der Waals surface area contributed by atoms with Gasteiger partial charge in [0.15, 0.2) is 0 Å². The van der Waals surface area contributed by atoms with Crippen LogP contribution in [0.5, 0.6) is 0 Å². The van der Waals surface area contributed by atoms with Crippen molar-refractivity contribution in [1.82, 2.24) is 5.32 Å². The smallest absolute Gasteiger partial charge is 0.252 e. The predicted octanol–water partition coefficient (Wildman–Crippen LogP) is 1.21. The second kappa shape index (κ2) is 6.56. The number of hydrogen-bond donors (Lipinski definition) is 2. The number of benzene rings is 1. The Balaban J connectivity index is 2.10. The number of nitrogens with one attached hydrogen (secondary N) is 1. The average Bonchev–Trinajstić information content (AvgIpc) is 2.40. The predicted molar refractivity (Wildman–Crippen MR) is 78.4 cm³/mol. The van der Waals surface area contributed by atoms with Crippen molar-refractivity contribution in [3.8, 4) is 11.8 Å². The highest BCUT2D eigenvalue weighted by atomic mass is 16.5. The standard InChI is InChI=1S/C16H20N2O2/c1-11-5-6-12(4-3-7-17)15(8-11)16(19)18-13-9-14(10-13)20-2/h5-6,8,13-14H,7,9-10,17H2,1-2H3,(H,18,19). The number of hydrogen-bond acceptors (Lipinski definition) is 3. The monoisotopic (exact) mass is 272 g/mol. The van der Waals surface area contributed by atoms with Crippen LogP contribution < -0.4 is 11.1 Å². The molecule has 20 heavy (non-hydrogen) atoms. The van der Waals surface area contributed by atoms with Crippen LogP contribution in [-0.4, -0.2) is 31.7 Å². The second-order valence-corrected chi connectivity index (χ2v) is 5.05. The van der Waals surface area contributed by atoms with E-state index in [1.807, 2.05) is 25.1 Å². The van der Waals surface area contributed by atoms with Crippen LogP contribution in [-0.2, 0) is 4.74 Å². The lowest BCUT2D eigenvalue weighted by Crippen LogP contribution is -2.47. The maximum absolute atomic E-state index is 12.3. The molecule has 1 amide bonds. The highest BCUT2D eigenvalue weighted by molar-refractivity contribution is 5.97. The van der Waals surface area contributed by atoms with Crippen molar-refractivity contribution in [3.05, 3.63) is 34.9 Å². The van der Waals surface area contributed by atoms with Gasteiger partial charge in [0.05, 0.1) is 18.2 Å². The van der Waals surface area contributed by atoms with Crippen molar-refractivity contribution in [3.63, 3.8) is 0 Å². The van der Waals surface area contributed by atoms with Crippen molar-refractivity contribution < 1.29 is 9.53 Å². The number of rotatable bonds is 3. The van der Waals surface area contributed by atoms with Crippen molar-refractivity contribution in [2.24, 2.45) is 5.73 Å². The summed E-state index contributed by atoms with van der Waals surface area (Å²) in [5.74, 6) is 5.67. The van der Waals surface area contributed by atoms with Crippen molar-refractivity contribution >= 4 is 5.91 Å². The fourth-order valence-electron chi connectivity index (χ4n) is 2.24. The fraction of sp³-hybridized carbons (Fsp3) is 0.438. The van der Waals surface area contributed by atoms with Gasteiger partial charge in [-0.1, -0.05) is 23.5 Å². The van der Waals surface area contributed by atoms with Crippen LogP contribution in [0.15, 0.2) is 18.2 Å². The van der Waals surface area contributed by atoms with Gasteiger partial charge < -0.3 is 15.8 Å². The van der Waals surface area contributed by atoms with Gasteiger partial charge in [-0.05, 0) is 31.9 Å². The summed E-state index contributed by atoms with van der Waals surface area (Å²) in [6.07, 6.45) is 2.02. The van der Waals surface area contributed by atoms with Crippen LogP contribution in [0.1, 0.15) is 34.3 Å². The molecule has 1 aromatic rings. The van der Waals surface area contributed by atoms with E-state index in [1.54, 1.807) is 7.11 Å². The molecule has 1 aromatic carbocycles. The van der Waals surface area contributed by atoms with E-state index in [0.29, 0.717) is 5.56 Å². The van der Waals surface area contributed by atoms with E-state index in [-0.39, 0.29) is 24.6 Å². The van der Waals surface area contributed by atoms with Gasteiger partial charge in [0.2, 0.25) is 0 Å². The van der Waals surface area contributed by atoms with Crippen LogP contribution in [0.4, 0.5) is 0 Å². The summed E-state index contributed by atoms with van der Waals surface area (Å²) < 4.78 is 5.21. The summed E-state index contributed by atoms with van der Waals surface area (Å²) in [5.41, 5.74) is 7.77. The molecule has 1 aliphatic rings. The molecular weight excluding hydrogens is 252 g/mol. The average molecular weight is 272 g/mol. The zero-order chi connectivity index (χ0) is 14.5. The minimum Gasteiger partial charge on any atom is -0.381 e. The first-order valence-corrected chi connectivity index (χ1v) is 6.77. The van der Waals surface area contributed by atoms with E-state index in [4.69, 9.17) is 10.5 Å². The van der Waals surface area contributed by atoms with Crippen LogP contribution >= 0.6 is 0 Å². The molecule has 1 aliphatic carbocycles. The van der Waals surface area contributed by atoms with Crippen molar-refractivity contribution in [2.45, 2.75) is 31.9 Å². The molecule has 4 nitrogen and oxygen atoms in total. The molecule has 0 saturated heterocycles. The first-order chi connectivity index (χ1) is 9.63. The van der Waals surface area contributed by atoms with E-state index in [1.165, 1.54) is 0 Å². The molecule has 3 N–H and O–H groups in total. The summed E-state index contributed by atoms with van der Waals surface area (Å²) in [4.78, 5) is 12.3. The number of methoxy groups -OCH3 is 1. The van der Waals surface area contributed by atoms with Gasteiger partial charge in [0.25, 0.3) is 5.91 Å². The van der Waals surface area contributed by atoms with Gasteiger partial charge in [-0.15, -0.1) is 0 Å². The Kier molecular flexibility index (Phi) is 4.78. The fourth-order valence-corrected chi connectivity index (χ4v) is 2.24. The summed E-state index contributed by atoms with van der Waals surface area (Å²) in [5, 5.41) is 3.02. The maximum Gasteiger partial charge on any atom is 0.252 e. The SMILES string of the molecule is COC1CC(NC(=O)c2cc(C)ccc2C#CCN)C1. The quantitative estimate of drug-likeness (QED) is 0.813. The molecule has 0 spiro atoms. The van der Waals surface area contributed by atoms with Gasteiger partial charge in [0, 0.05) is 18.7 Å². The molecule has 0 bridgehead atoms. The Hall–Kier alpha value is -1.83. The molecule has 0 unspecified atom stereocenters. The third-order valence-electron chi connectivity index (χ3n) is 3.51. The summed E-state index contributed by atoms with van der Waals surface area (Å²) in [6, 6.07) is 5.87. The molecule has 0 aromatic heterocycles. The third-order valence-corrected chi connectivity index (χ3v) is 3.51. The second-order valence-electron chi connectivity index (χ2n) is 5.05. The Morgan fingerprint density at radius 3 is 2.90 bits per heavy atom. The zero-order valence-electron chi connectivity index (χ0n) is 11.9. The van der Waals surface area contributed by atoms with E-state index < -0.39 is 0 Å². The highest BCUT2D eigenvalue weighted by Crippen LogP contribution is 2.23. The zero-order valence-corrected chi connectivity index (χ0v) is 11.9. The number of amides is 1. The number of carbonyl (C=O) groups excluding carboxylic acids is 1. The molecule has 1 saturated carbocycles. The van der Waals surface area contributed by atoms with Gasteiger partial charge in [0.1, 0.15) is 0 Å². The van der Waals surface area contributed by atoms with Crippen LogP contribution in [0.2, 0.25) is 0 Å². The Morgan fingerprint density at radius 1 is 1.50 bits per heavy atom. The molecule has 1 fully saturated rings. The molecule has 0 aliphatic heterocycles. The molecule has 0 radical (unpaired) electrons. The molecule has 0 atom stereocenters. The van der Waals surface area contributed by atoms with Crippen molar-refractivity contribution in [2.75, 3.05) is 13.7 Å². The lowest BCUT2D eigenvalue weighted by Gasteiger charge is -2.34. The van der Waals surface area contributed by atoms with Gasteiger partial charge in [-0.2, -0.15) is 0 Å². The van der Waals surface area contributed by atoms with Gasteiger partial charge in [-0.25, -0.2) is 0 Å². The molecule has 0 heterocycles. The molecular formula is C16H20N2O2. The molecule has 2 rings (SSSR count). The highest BCUT2D eigenvalue weighted by Gasteiger charge is 2.30. The minimum absolute atomic E-state index is 0.0745. The van der Waals surface area contributed by atoms with E-state index in [0.717, 1.165) is 24.0 Å².